The smallest absolute Gasteiger partial charge is 0.404 e. The van der Waals surface area contributed by atoms with Crippen LogP contribution in [0.4, 0.5) is 13.2 Å². The Balaban J connectivity index is 0.00000169. The monoisotopic (exact) mass is 233 g/mol. The molecule has 3 nitrogen and oxygen atoms in total. The van der Waals surface area contributed by atoms with Crippen LogP contribution >= 0.6 is 12.4 Å². The second-order valence-electron chi connectivity index (χ2n) is 3.39. The first-order valence-electron chi connectivity index (χ1n) is 3.85. The third-order valence-corrected chi connectivity index (χ3v) is 2.50. The van der Waals surface area contributed by atoms with Gasteiger partial charge in [-0.15, -0.1) is 12.4 Å². The summed E-state index contributed by atoms with van der Waals surface area (Å²) in [4.78, 5) is 10.5. The van der Waals surface area contributed by atoms with E-state index >= 15 is 0 Å². The number of hydrogen-bond acceptors (Lipinski definition) is 2. The lowest BCUT2D eigenvalue weighted by Gasteiger charge is -2.26. The van der Waals surface area contributed by atoms with Crippen LogP contribution < -0.4 is 5.73 Å². The Labute approximate surface area is 84.9 Å². The van der Waals surface area contributed by atoms with Crippen LogP contribution in [-0.4, -0.2) is 23.3 Å². The van der Waals surface area contributed by atoms with E-state index in [1.54, 1.807) is 0 Å². The van der Waals surface area contributed by atoms with Crippen molar-refractivity contribution in [3.05, 3.63) is 0 Å². The molecule has 1 saturated carbocycles. The molecule has 3 N–H and O–H groups in total. The van der Waals surface area contributed by atoms with E-state index in [1.807, 2.05) is 0 Å². The Morgan fingerprint density at radius 3 is 2.14 bits per heavy atom. The topological polar surface area (TPSA) is 63.3 Å². The maximum Gasteiger partial charge on any atom is 0.404 e. The molecular weight excluding hydrogens is 223 g/mol. The van der Waals surface area contributed by atoms with Crippen LogP contribution in [0.1, 0.15) is 19.3 Å². The minimum atomic E-state index is -4.70. The number of carboxylic acid groups (broad SMARTS) is 1. The van der Waals surface area contributed by atoms with E-state index in [1.165, 1.54) is 0 Å². The number of aliphatic carboxylic acids is 1. The standard InChI is InChI=1S/C7H10F3NO2.ClH/c8-7(9,10)6(5(12)13)2-1-4(11)3-6;/h4H,1-3,11H2,(H,12,13);1H. The fraction of sp³-hybridized carbons (Fsp3) is 0.857. The Bertz CT molecular complexity index is 233. The van der Waals surface area contributed by atoms with Crippen LogP contribution in [0.2, 0.25) is 0 Å². The molecule has 1 aliphatic carbocycles. The SMILES string of the molecule is Cl.NC1CCC(C(=O)O)(C(F)(F)F)C1. The van der Waals surface area contributed by atoms with Crippen LogP contribution in [0.25, 0.3) is 0 Å². The molecule has 84 valence electrons. The summed E-state index contributed by atoms with van der Waals surface area (Å²) in [7, 11) is 0. The highest BCUT2D eigenvalue weighted by molar-refractivity contribution is 5.85. The maximum atomic E-state index is 12.4. The molecule has 0 radical (unpaired) electrons. The number of nitrogens with two attached hydrogens (primary N) is 1. The van der Waals surface area contributed by atoms with Crippen LogP contribution in [0.15, 0.2) is 0 Å². The summed E-state index contributed by atoms with van der Waals surface area (Å²) in [6.07, 6.45) is -5.50. The van der Waals surface area contributed by atoms with E-state index in [9.17, 15) is 18.0 Å². The third kappa shape index (κ3) is 1.95. The van der Waals surface area contributed by atoms with Crippen LogP contribution in [0, 0.1) is 5.41 Å². The summed E-state index contributed by atoms with van der Waals surface area (Å²) in [6.45, 7) is 0. The van der Waals surface area contributed by atoms with E-state index < -0.39 is 36.4 Å². The Hall–Kier alpha value is -0.490. The van der Waals surface area contributed by atoms with Gasteiger partial charge in [0.25, 0.3) is 0 Å². The summed E-state index contributed by atoms with van der Waals surface area (Å²) in [6, 6.07) is -0.655. The van der Waals surface area contributed by atoms with E-state index in [-0.39, 0.29) is 18.8 Å². The van der Waals surface area contributed by atoms with Gasteiger partial charge in [0.15, 0.2) is 5.41 Å². The molecule has 0 aromatic heterocycles. The first kappa shape index (κ1) is 13.5. The van der Waals surface area contributed by atoms with Crippen molar-refractivity contribution in [2.75, 3.05) is 0 Å². The van der Waals surface area contributed by atoms with Crippen molar-refractivity contribution >= 4 is 18.4 Å². The Morgan fingerprint density at radius 2 is 2.00 bits per heavy atom. The van der Waals surface area contributed by atoms with Crippen molar-refractivity contribution < 1.29 is 23.1 Å². The van der Waals surface area contributed by atoms with Crippen LogP contribution in [-0.2, 0) is 4.79 Å². The Kier molecular flexibility index (Phi) is 3.80. The molecule has 2 unspecified atom stereocenters. The van der Waals surface area contributed by atoms with Crippen molar-refractivity contribution in [2.45, 2.75) is 31.5 Å². The molecule has 0 aliphatic heterocycles. The average molecular weight is 234 g/mol. The summed E-state index contributed by atoms with van der Waals surface area (Å²) in [5.74, 6) is -1.81. The van der Waals surface area contributed by atoms with E-state index in [0.29, 0.717) is 0 Å². The van der Waals surface area contributed by atoms with Crippen LogP contribution in [0.3, 0.4) is 0 Å². The van der Waals surface area contributed by atoms with Crippen molar-refractivity contribution in [1.82, 2.24) is 0 Å². The van der Waals surface area contributed by atoms with Gasteiger partial charge in [-0.3, -0.25) is 4.79 Å². The summed E-state index contributed by atoms with van der Waals surface area (Å²) in [5.41, 5.74) is 2.68. The summed E-state index contributed by atoms with van der Waals surface area (Å²) < 4.78 is 37.2. The lowest BCUT2D eigenvalue weighted by atomic mass is 9.85. The van der Waals surface area contributed by atoms with Gasteiger partial charge in [-0.1, -0.05) is 0 Å². The summed E-state index contributed by atoms with van der Waals surface area (Å²) >= 11 is 0. The predicted molar refractivity (Wildman–Crippen MR) is 45.2 cm³/mol. The first-order valence-corrected chi connectivity index (χ1v) is 3.85. The van der Waals surface area contributed by atoms with Crippen molar-refractivity contribution in [3.63, 3.8) is 0 Å². The van der Waals surface area contributed by atoms with E-state index in [4.69, 9.17) is 10.8 Å². The highest BCUT2D eigenvalue weighted by atomic mass is 35.5. The molecule has 0 spiro atoms. The number of carboxylic acids is 1. The fourth-order valence-electron chi connectivity index (χ4n) is 1.66. The first-order chi connectivity index (χ1) is 5.79. The van der Waals surface area contributed by atoms with Gasteiger partial charge in [0.05, 0.1) is 0 Å². The number of rotatable bonds is 1. The van der Waals surface area contributed by atoms with Crippen molar-refractivity contribution in [3.8, 4) is 0 Å². The van der Waals surface area contributed by atoms with E-state index in [2.05, 4.69) is 0 Å². The Morgan fingerprint density at radius 1 is 1.50 bits per heavy atom. The second kappa shape index (κ2) is 3.94. The van der Waals surface area contributed by atoms with Gasteiger partial charge in [0.2, 0.25) is 0 Å². The molecule has 1 fully saturated rings. The number of alkyl halides is 3. The summed E-state index contributed by atoms with van der Waals surface area (Å²) in [5, 5.41) is 8.54. The lowest BCUT2D eigenvalue weighted by molar-refractivity contribution is -0.230. The lowest BCUT2D eigenvalue weighted by Crippen LogP contribution is -2.43. The number of hydrogen-bond donors (Lipinski definition) is 2. The molecule has 1 aliphatic rings. The largest absolute Gasteiger partial charge is 0.481 e. The average Bonchev–Trinajstić information content (AvgIpc) is 2.30. The highest BCUT2D eigenvalue weighted by Gasteiger charge is 2.63. The zero-order chi connectivity index (χ0) is 10.3. The highest BCUT2D eigenvalue weighted by Crippen LogP contribution is 2.50. The molecule has 0 aromatic carbocycles. The van der Waals surface area contributed by atoms with Gasteiger partial charge in [0, 0.05) is 6.04 Å². The normalized spacial score (nSPS) is 32.4. The third-order valence-electron chi connectivity index (χ3n) is 2.50. The van der Waals surface area contributed by atoms with Gasteiger partial charge >= 0.3 is 12.1 Å². The van der Waals surface area contributed by atoms with Crippen molar-refractivity contribution in [2.24, 2.45) is 11.1 Å². The maximum absolute atomic E-state index is 12.4. The van der Waals surface area contributed by atoms with Crippen LogP contribution in [0.5, 0.6) is 0 Å². The van der Waals surface area contributed by atoms with Gasteiger partial charge in [-0.25, -0.2) is 0 Å². The predicted octanol–water partition coefficient (Wildman–Crippen LogP) is 1.55. The molecule has 0 bridgehead atoms. The van der Waals surface area contributed by atoms with Gasteiger partial charge in [0.1, 0.15) is 0 Å². The zero-order valence-electron chi connectivity index (χ0n) is 7.17. The number of halogens is 4. The van der Waals surface area contributed by atoms with Crippen molar-refractivity contribution in [1.29, 1.82) is 0 Å². The quantitative estimate of drug-likeness (QED) is 0.722. The molecule has 0 heterocycles. The fourth-order valence-corrected chi connectivity index (χ4v) is 1.66. The molecule has 7 heteroatoms. The molecule has 2 atom stereocenters. The molecule has 0 saturated heterocycles. The number of carbonyl (C=O) groups is 1. The minimum absolute atomic E-state index is 0. The van der Waals surface area contributed by atoms with Gasteiger partial charge in [-0.05, 0) is 19.3 Å². The molecule has 14 heavy (non-hydrogen) atoms. The van der Waals surface area contributed by atoms with Gasteiger partial charge in [-0.2, -0.15) is 13.2 Å². The van der Waals surface area contributed by atoms with Gasteiger partial charge < -0.3 is 10.8 Å². The zero-order valence-corrected chi connectivity index (χ0v) is 7.99. The molecular formula is C7H11ClF3NO2. The molecule has 0 amide bonds. The minimum Gasteiger partial charge on any atom is -0.481 e. The molecule has 1 rings (SSSR count). The van der Waals surface area contributed by atoms with E-state index in [0.717, 1.165) is 0 Å². The molecule has 0 aromatic rings. The second-order valence-corrected chi connectivity index (χ2v) is 3.39.